The lowest BCUT2D eigenvalue weighted by Gasteiger charge is -2.49. The van der Waals surface area contributed by atoms with Crippen molar-refractivity contribution in [1.29, 1.82) is 5.26 Å². The second-order valence-corrected chi connectivity index (χ2v) is 9.37. The second-order valence-electron chi connectivity index (χ2n) is 9.37. The summed E-state index contributed by atoms with van der Waals surface area (Å²) < 4.78 is 3.10. The molecule has 3 atom stereocenters. The van der Waals surface area contributed by atoms with Gasteiger partial charge in [0, 0.05) is 50.7 Å². The maximum atomic E-state index is 12.8. The van der Waals surface area contributed by atoms with Crippen molar-refractivity contribution in [2.45, 2.75) is 44.9 Å². The molecule has 1 aromatic carbocycles. The van der Waals surface area contributed by atoms with Gasteiger partial charge in [0.2, 0.25) is 0 Å². The Kier molecular flexibility index (Phi) is 6.43. The fraction of sp³-hybridized carbons (Fsp3) is 0.423. The van der Waals surface area contributed by atoms with Crippen molar-refractivity contribution in [3.8, 4) is 6.07 Å². The highest BCUT2D eigenvalue weighted by atomic mass is 16.3. The zero-order valence-corrected chi connectivity index (χ0v) is 20.7. The van der Waals surface area contributed by atoms with Gasteiger partial charge in [-0.25, -0.2) is 0 Å². The number of benzene rings is 1. The van der Waals surface area contributed by atoms with Gasteiger partial charge in [-0.3, -0.25) is 24.3 Å². The molecule has 0 amide bonds. The Labute approximate surface area is 209 Å². The molecule has 0 bridgehead atoms. The average molecular weight is 487 g/mol. The molecule has 10 heteroatoms. The van der Waals surface area contributed by atoms with Gasteiger partial charge in [-0.1, -0.05) is 13.0 Å². The smallest absolute Gasteiger partial charge is 0.252 e. The van der Waals surface area contributed by atoms with Gasteiger partial charge in [0.25, 0.3) is 5.56 Å². The third-order valence-electron chi connectivity index (χ3n) is 7.37. The Balaban J connectivity index is 1.51. The third kappa shape index (κ3) is 4.10. The van der Waals surface area contributed by atoms with Crippen LogP contribution in [0.4, 0.5) is 5.69 Å². The average Bonchev–Trinajstić information content (AvgIpc) is 3.33. The number of nitriles is 1. The van der Waals surface area contributed by atoms with E-state index in [0.29, 0.717) is 29.8 Å². The number of nitrogens with zero attached hydrogens (tertiary/aromatic N) is 8. The topological polar surface area (TPSA) is 116 Å². The quantitative estimate of drug-likeness (QED) is 0.441. The molecular formula is C26H30N8O2. The van der Waals surface area contributed by atoms with Gasteiger partial charge >= 0.3 is 0 Å². The van der Waals surface area contributed by atoms with E-state index in [1.807, 2.05) is 6.07 Å². The number of fused-ring (bicyclic) bond motifs is 2. The standard InChI is InChI=1S/C26H30N8O2/c1-4-19-13-34(23-12-25(36)31(3)24-15-32(10-7-27)30-26(23)24)20(16-35)14-33(19)17(2)18-5-6-21-22(11-18)29-9-8-28-21/h5-6,8-9,11-12,15,17,19-20,35H,4,10,13-14,16H2,1-3H3/t17?,19-,20-/m1/s1. The van der Waals surface area contributed by atoms with Crippen molar-refractivity contribution in [3.05, 3.63) is 58.8 Å². The number of aryl methyl sites for hydroxylation is 1. The molecule has 1 saturated heterocycles. The van der Waals surface area contributed by atoms with E-state index >= 15 is 0 Å². The summed E-state index contributed by atoms with van der Waals surface area (Å²) in [5.41, 5.74) is 4.77. The van der Waals surface area contributed by atoms with Gasteiger partial charge in [0.1, 0.15) is 12.1 Å². The van der Waals surface area contributed by atoms with Crippen LogP contribution in [-0.2, 0) is 13.6 Å². The number of piperazine rings is 1. The summed E-state index contributed by atoms with van der Waals surface area (Å²) in [6.07, 6.45) is 6.04. The number of rotatable bonds is 6. The molecule has 1 N–H and O–H groups in total. The second kappa shape index (κ2) is 9.68. The summed E-state index contributed by atoms with van der Waals surface area (Å²) in [4.78, 5) is 26.2. The maximum absolute atomic E-state index is 12.8. The highest BCUT2D eigenvalue weighted by Crippen LogP contribution is 2.34. The highest BCUT2D eigenvalue weighted by molar-refractivity contribution is 5.88. The van der Waals surface area contributed by atoms with Gasteiger partial charge in [0.15, 0.2) is 0 Å². The van der Waals surface area contributed by atoms with Gasteiger partial charge < -0.3 is 14.6 Å². The van der Waals surface area contributed by atoms with E-state index in [9.17, 15) is 9.90 Å². The van der Waals surface area contributed by atoms with Crippen LogP contribution in [0.15, 0.2) is 47.7 Å². The predicted molar refractivity (Wildman–Crippen MR) is 138 cm³/mol. The number of aliphatic hydroxyl groups is 1. The van der Waals surface area contributed by atoms with Crippen LogP contribution in [0.3, 0.4) is 0 Å². The van der Waals surface area contributed by atoms with E-state index in [1.165, 1.54) is 0 Å². The molecule has 36 heavy (non-hydrogen) atoms. The molecule has 5 rings (SSSR count). The number of aliphatic hydroxyl groups excluding tert-OH is 1. The Morgan fingerprint density at radius 3 is 2.67 bits per heavy atom. The van der Waals surface area contributed by atoms with E-state index in [1.54, 1.807) is 41.0 Å². The van der Waals surface area contributed by atoms with Crippen molar-refractivity contribution < 1.29 is 5.11 Å². The SMILES string of the molecule is CC[C@@H]1CN(c2cc(=O)n(C)c3cn(CC#N)nc23)[C@@H](CO)CN1C(C)c1ccc2nccnc2c1. The molecule has 4 aromatic rings. The molecule has 0 radical (unpaired) electrons. The first-order chi connectivity index (χ1) is 17.4. The Morgan fingerprint density at radius 1 is 1.17 bits per heavy atom. The molecule has 10 nitrogen and oxygen atoms in total. The minimum Gasteiger partial charge on any atom is -0.394 e. The monoisotopic (exact) mass is 486 g/mol. The molecule has 1 unspecified atom stereocenters. The molecule has 1 aliphatic rings. The molecule has 1 fully saturated rings. The number of pyridine rings is 1. The van der Waals surface area contributed by atoms with E-state index in [-0.39, 0.29) is 36.8 Å². The molecular weight excluding hydrogens is 456 g/mol. The first-order valence-corrected chi connectivity index (χ1v) is 12.2. The van der Waals surface area contributed by atoms with Crippen molar-refractivity contribution in [2.75, 3.05) is 24.6 Å². The van der Waals surface area contributed by atoms with Crippen molar-refractivity contribution in [1.82, 2.24) is 29.2 Å². The number of anilines is 1. The molecule has 4 heterocycles. The number of aromatic nitrogens is 5. The van der Waals surface area contributed by atoms with Crippen LogP contribution in [0, 0.1) is 11.3 Å². The summed E-state index contributed by atoms with van der Waals surface area (Å²) in [5.74, 6) is 0. The van der Waals surface area contributed by atoms with E-state index in [0.717, 1.165) is 23.0 Å². The van der Waals surface area contributed by atoms with E-state index in [2.05, 4.69) is 56.9 Å². The van der Waals surface area contributed by atoms with Crippen LogP contribution < -0.4 is 10.5 Å². The normalized spacial score (nSPS) is 19.6. The zero-order chi connectivity index (χ0) is 25.4. The number of hydrogen-bond donors (Lipinski definition) is 1. The van der Waals surface area contributed by atoms with Crippen LogP contribution in [0.2, 0.25) is 0 Å². The zero-order valence-electron chi connectivity index (χ0n) is 20.7. The molecule has 186 valence electrons. The lowest BCUT2D eigenvalue weighted by molar-refractivity contribution is 0.0838. The largest absolute Gasteiger partial charge is 0.394 e. The molecule has 0 spiro atoms. The third-order valence-corrected chi connectivity index (χ3v) is 7.37. The summed E-state index contributed by atoms with van der Waals surface area (Å²) in [6, 6.07) is 9.98. The predicted octanol–water partition coefficient (Wildman–Crippen LogP) is 2.22. The van der Waals surface area contributed by atoms with Crippen LogP contribution in [-0.4, -0.2) is 66.1 Å². The van der Waals surface area contributed by atoms with Crippen molar-refractivity contribution in [3.63, 3.8) is 0 Å². The summed E-state index contributed by atoms with van der Waals surface area (Å²) in [7, 11) is 1.71. The Morgan fingerprint density at radius 2 is 1.94 bits per heavy atom. The van der Waals surface area contributed by atoms with E-state index in [4.69, 9.17) is 5.26 Å². The van der Waals surface area contributed by atoms with Crippen molar-refractivity contribution in [2.24, 2.45) is 7.05 Å². The number of hydrogen-bond acceptors (Lipinski definition) is 8. The fourth-order valence-electron chi connectivity index (χ4n) is 5.30. The lowest BCUT2D eigenvalue weighted by Crippen LogP contribution is -2.60. The van der Waals surface area contributed by atoms with E-state index < -0.39 is 0 Å². The van der Waals surface area contributed by atoms with Gasteiger partial charge in [-0.2, -0.15) is 10.4 Å². The highest BCUT2D eigenvalue weighted by Gasteiger charge is 2.37. The van der Waals surface area contributed by atoms with Crippen molar-refractivity contribution >= 4 is 27.8 Å². The maximum Gasteiger partial charge on any atom is 0.252 e. The molecule has 0 aliphatic carbocycles. The van der Waals surface area contributed by atoms with Gasteiger partial charge in [0.05, 0.1) is 47.2 Å². The molecule has 1 aliphatic heterocycles. The summed E-state index contributed by atoms with van der Waals surface area (Å²) >= 11 is 0. The molecule has 0 saturated carbocycles. The van der Waals surface area contributed by atoms with Crippen LogP contribution in [0.25, 0.3) is 22.1 Å². The lowest BCUT2D eigenvalue weighted by atomic mass is 9.97. The van der Waals surface area contributed by atoms with Crippen LogP contribution in [0.5, 0.6) is 0 Å². The summed E-state index contributed by atoms with van der Waals surface area (Å²) in [5, 5.41) is 24.2. The van der Waals surface area contributed by atoms with Gasteiger partial charge in [-0.15, -0.1) is 0 Å². The first kappa shape index (κ1) is 23.9. The minimum absolute atomic E-state index is 0.0571. The summed E-state index contributed by atoms with van der Waals surface area (Å²) in [6.45, 7) is 5.67. The van der Waals surface area contributed by atoms with Gasteiger partial charge in [-0.05, 0) is 31.0 Å². The fourth-order valence-corrected chi connectivity index (χ4v) is 5.30. The van der Waals surface area contributed by atoms with Crippen LogP contribution in [0.1, 0.15) is 31.9 Å². The minimum atomic E-state index is -0.216. The first-order valence-electron chi connectivity index (χ1n) is 12.2. The molecule has 3 aromatic heterocycles. The van der Waals surface area contributed by atoms with Crippen LogP contribution >= 0.6 is 0 Å². The Bertz CT molecular complexity index is 1500. The Hall–Kier alpha value is -3.81.